The highest BCUT2D eigenvalue weighted by molar-refractivity contribution is 5.46. The summed E-state index contributed by atoms with van der Waals surface area (Å²) < 4.78 is 5.83. The molecule has 0 aliphatic rings. The molecule has 0 saturated carbocycles. The van der Waals surface area contributed by atoms with E-state index in [1.165, 1.54) is 5.56 Å². The predicted octanol–water partition coefficient (Wildman–Crippen LogP) is 4.60. The number of hydrogen-bond donors (Lipinski definition) is 1. The molecular formula is C17H22N2O. The number of nitrogens with zero attached hydrogens (tertiary/aromatic N) is 1. The van der Waals surface area contributed by atoms with Crippen molar-refractivity contribution in [2.75, 3.05) is 11.9 Å². The lowest BCUT2D eigenvalue weighted by molar-refractivity contribution is 0.479. The lowest BCUT2D eigenvalue weighted by Gasteiger charge is -2.19. The Kier molecular flexibility index (Phi) is 4.28. The van der Waals surface area contributed by atoms with Gasteiger partial charge in [0.05, 0.1) is 18.1 Å². The molecule has 1 N–H and O–H groups in total. The summed E-state index contributed by atoms with van der Waals surface area (Å²) in [6, 6.07) is 10.2. The highest BCUT2D eigenvalue weighted by atomic mass is 16.5. The third-order valence-corrected chi connectivity index (χ3v) is 3.05. The Balaban J connectivity index is 2.12. The van der Waals surface area contributed by atoms with E-state index in [2.05, 4.69) is 50.1 Å². The molecule has 0 aliphatic heterocycles. The Labute approximate surface area is 121 Å². The standard InChI is InChI=1S/C17H22N2O/c1-5-19-14-10-16(12-18-11-14)20-15-8-6-13(7-9-15)17(2,3)4/h6-12,19H,5H2,1-4H3. The second-order valence-corrected chi connectivity index (χ2v) is 5.82. The van der Waals surface area contributed by atoms with Crippen LogP contribution in [0.4, 0.5) is 5.69 Å². The minimum Gasteiger partial charge on any atom is -0.456 e. The molecule has 3 nitrogen and oxygen atoms in total. The molecule has 2 rings (SSSR count). The molecule has 0 unspecified atom stereocenters. The molecule has 2 aromatic rings. The van der Waals surface area contributed by atoms with Crippen LogP contribution in [0.1, 0.15) is 33.3 Å². The monoisotopic (exact) mass is 270 g/mol. The van der Waals surface area contributed by atoms with Crippen LogP contribution in [-0.2, 0) is 5.41 Å². The molecule has 0 bridgehead atoms. The Morgan fingerprint density at radius 2 is 1.75 bits per heavy atom. The molecule has 0 amide bonds. The number of hydrogen-bond acceptors (Lipinski definition) is 3. The minimum atomic E-state index is 0.158. The summed E-state index contributed by atoms with van der Waals surface area (Å²) in [6.45, 7) is 9.52. The minimum absolute atomic E-state index is 0.158. The van der Waals surface area contributed by atoms with E-state index in [1.807, 2.05) is 18.2 Å². The predicted molar refractivity (Wildman–Crippen MR) is 83.6 cm³/mol. The van der Waals surface area contributed by atoms with Crippen LogP contribution < -0.4 is 10.1 Å². The maximum atomic E-state index is 5.83. The summed E-state index contributed by atoms with van der Waals surface area (Å²) in [5.41, 5.74) is 2.42. The van der Waals surface area contributed by atoms with Crippen molar-refractivity contribution in [1.29, 1.82) is 0 Å². The number of anilines is 1. The van der Waals surface area contributed by atoms with Crippen LogP contribution in [-0.4, -0.2) is 11.5 Å². The van der Waals surface area contributed by atoms with E-state index in [0.717, 1.165) is 23.7 Å². The number of rotatable bonds is 4. The van der Waals surface area contributed by atoms with E-state index in [9.17, 15) is 0 Å². The van der Waals surface area contributed by atoms with Gasteiger partial charge >= 0.3 is 0 Å². The topological polar surface area (TPSA) is 34.2 Å². The zero-order chi connectivity index (χ0) is 14.6. The number of benzene rings is 1. The fraction of sp³-hybridized carbons (Fsp3) is 0.353. The van der Waals surface area contributed by atoms with Crippen molar-refractivity contribution in [2.45, 2.75) is 33.1 Å². The molecule has 1 aromatic carbocycles. The summed E-state index contributed by atoms with van der Waals surface area (Å²) >= 11 is 0. The van der Waals surface area contributed by atoms with E-state index in [-0.39, 0.29) is 5.41 Å². The second kappa shape index (κ2) is 5.95. The summed E-state index contributed by atoms with van der Waals surface area (Å²) in [5.74, 6) is 1.57. The number of aromatic nitrogens is 1. The molecule has 1 heterocycles. The third-order valence-electron chi connectivity index (χ3n) is 3.05. The highest BCUT2D eigenvalue weighted by Crippen LogP contribution is 2.27. The van der Waals surface area contributed by atoms with Gasteiger partial charge in [-0.25, -0.2) is 0 Å². The van der Waals surface area contributed by atoms with E-state index in [4.69, 9.17) is 4.74 Å². The van der Waals surface area contributed by atoms with Gasteiger partial charge in [-0.3, -0.25) is 4.98 Å². The normalized spacial score (nSPS) is 11.2. The molecule has 0 radical (unpaired) electrons. The molecular weight excluding hydrogens is 248 g/mol. The first-order valence-electron chi connectivity index (χ1n) is 6.96. The van der Waals surface area contributed by atoms with Gasteiger partial charge in [-0.15, -0.1) is 0 Å². The Morgan fingerprint density at radius 1 is 1.05 bits per heavy atom. The van der Waals surface area contributed by atoms with Crippen molar-refractivity contribution in [3.63, 3.8) is 0 Å². The Morgan fingerprint density at radius 3 is 2.35 bits per heavy atom. The smallest absolute Gasteiger partial charge is 0.147 e. The first kappa shape index (κ1) is 14.4. The fourth-order valence-corrected chi connectivity index (χ4v) is 1.93. The van der Waals surface area contributed by atoms with Gasteiger partial charge in [0, 0.05) is 12.6 Å². The van der Waals surface area contributed by atoms with Crippen LogP contribution in [0.2, 0.25) is 0 Å². The van der Waals surface area contributed by atoms with Crippen LogP contribution in [0.5, 0.6) is 11.5 Å². The van der Waals surface area contributed by atoms with Gasteiger partial charge < -0.3 is 10.1 Å². The van der Waals surface area contributed by atoms with E-state index in [0.29, 0.717) is 0 Å². The van der Waals surface area contributed by atoms with Crippen LogP contribution >= 0.6 is 0 Å². The summed E-state index contributed by atoms with van der Waals surface area (Å²) in [7, 11) is 0. The lowest BCUT2D eigenvalue weighted by Crippen LogP contribution is -2.10. The van der Waals surface area contributed by atoms with Crippen LogP contribution in [0.15, 0.2) is 42.7 Å². The highest BCUT2D eigenvalue weighted by Gasteiger charge is 2.13. The van der Waals surface area contributed by atoms with Crippen molar-refractivity contribution in [1.82, 2.24) is 4.98 Å². The molecule has 20 heavy (non-hydrogen) atoms. The molecule has 0 spiro atoms. The van der Waals surface area contributed by atoms with E-state index >= 15 is 0 Å². The van der Waals surface area contributed by atoms with Crippen molar-refractivity contribution in [3.8, 4) is 11.5 Å². The van der Waals surface area contributed by atoms with Crippen molar-refractivity contribution >= 4 is 5.69 Å². The SMILES string of the molecule is CCNc1cncc(Oc2ccc(C(C)(C)C)cc2)c1. The van der Waals surface area contributed by atoms with E-state index < -0.39 is 0 Å². The first-order valence-corrected chi connectivity index (χ1v) is 6.96. The lowest BCUT2D eigenvalue weighted by atomic mass is 9.87. The zero-order valence-corrected chi connectivity index (χ0v) is 12.6. The van der Waals surface area contributed by atoms with Crippen LogP contribution in [0, 0.1) is 0 Å². The van der Waals surface area contributed by atoms with Gasteiger partial charge in [0.25, 0.3) is 0 Å². The molecule has 3 heteroatoms. The fourth-order valence-electron chi connectivity index (χ4n) is 1.93. The number of ether oxygens (including phenoxy) is 1. The first-order chi connectivity index (χ1) is 9.49. The Hall–Kier alpha value is -2.03. The zero-order valence-electron chi connectivity index (χ0n) is 12.6. The molecule has 1 aromatic heterocycles. The molecule has 0 saturated heterocycles. The van der Waals surface area contributed by atoms with Gasteiger partial charge in [0.2, 0.25) is 0 Å². The van der Waals surface area contributed by atoms with Crippen LogP contribution in [0.25, 0.3) is 0 Å². The van der Waals surface area contributed by atoms with Gasteiger partial charge in [0.15, 0.2) is 0 Å². The van der Waals surface area contributed by atoms with Gasteiger partial charge in [-0.1, -0.05) is 32.9 Å². The average molecular weight is 270 g/mol. The summed E-state index contributed by atoms with van der Waals surface area (Å²) in [5, 5.41) is 3.22. The Bertz CT molecular complexity index is 556. The maximum Gasteiger partial charge on any atom is 0.147 e. The van der Waals surface area contributed by atoms with Gasteiger partial charge in [-0.05, 0) is 30.0 Å². The number of pyridine rings is 1. The number of nitrogens with one attached hydrogen (secondary N) is 1. The van der Waals surface area contributed by atoms with Gasteiger partial charge in [0.1, 0.15) is 11.5 Å². The maximum absolute atomic E-state index is 5.83. The average Bonchev–Trinajstić information content (AvgIpc) is 2.39. The van der Waals surface area contributed by atoms with Crippen LogP contribution in [0.3, 0.4) is 0 Å². The van der Waals surface area contributed by atoms with E-state index in [1.54, 1.807) is 12.4 Å². The molecule has 0 aliphatic carbocycles. The largest absolute Gasteiger partial charge is 0.456 e. The van der Waals surface area contributed by atoms with Crippen molar-refractivity contribution in [3.05, 3.63) is 48.3 Å². The molecule has 106 valence electrons. The molecule has 0 atom stereocenters. The third kappa shape index (κ3) is 3.73. The van der Waals surface area contributed by atoms with Crippen molar-refractivity contribution in [2.24, 2.45) is 0 Å². The summed E-state index contributed by atoms with van der Waals surface area (Å²) in [6.07, 6.45) is 3.51. The second-order valence-electron chi connectivity index (χ2n) is 5.82. The van der Waals surface area contributed by atoms with Crippen molar-refractivity contribution < 1.29 is 4.74 Å². The quantitative estimate of drug-likeness (QED) is 0.881. The summed E-state index contributed by atoms with van der Waals surface area (Å²) in [4.78, 5) is 4.17. The van der Waals surface area contributed by atoms with Gasteiger partial charge in [-0.2, -0.15) is 0 Å². The molecule has 0 fully saturated rings.